The fraction of sp³-hybridized carbons (Fsp3) is 0.391. The number of fused-ring (bicyclic) bond motifs is 1. The summed E-state index contributed by atoms with van der Waals surface area (Å²) < 4.78 is 10.8. The van der Waals surface area contributed by atoms with Crippen molar-refractivity contribution in [2.45, 2.75) is 25.4 Å². The molecule has 0 aromatic heterocycles. The van der Waals surface area contributed by atoms with Crippen LogP contribution < -0.4 is 9.64 Å². The average Bonchev–Trinajstić information content (AvgIpc) is 2.81. The normalized spacial score (nSPS) is 18.7. The van der Waals surface area contributed by atoms with Crippen LogP contribution in [0.15, 0.2) is 42.5 Å². The predicted octanol–water partition coefficient (Wildman–Crippen LogP) is 2.57. The summed E-state index contributed by atoms with van der Waals surface area (Å²) in [5.74, 6) is -0.329. The van der Waals surface area contributed by atoms with Crippen LogP contribution in [0.2, 0.25) is 0 Å². The van der Waals surface area contributed by atoms with Gasteiger partial charge in [0.2, 0.25) is 0 Å². The molecule has 30 heavy (non-hydrogen) atoms. The zero-order chi connectivity index (χ0) is 21.8. The van der Waals surface area contributed by atoms with E-state index in [9.17, 15) is 14.7 Å². The summed E-state index contributed by atoms with van der Waals surface area (Å²) in [6.45, 7) is 2.40. The van der Waals surface area contributed by atoms with Gasteiger partial charge in [-0.2, -0.15) is 0 Å². The van der Waals surface area contributed by atoms with Gasteiger partial charge in [0.15, 0.2) is 6.10 Å². The summed E-state index contributed by atoms with van der Waals surface area (Å²) in [5.41, 5.74) is 2.42. The van der Waals surface area contributed by atoms with Crippen LogP contribution >= 0.6 is 0 Å². The Morgan fingerprint density at radius 1 is 1.20 bits per heavy atom. The van der Waals surface area contributed by atoms with E-state index in [1.54, 1.807) is 30.2 Å². The number of anilines is 1. The minimum Gasteiger partial charge on any atom is -0.508 e. The second kappa shape index (κ2) is 9.17. The molecule has 7 heteroatoms. The standard InChI is InChI=1S/C23H28N2O5/c1-15(26)30-22-20(16-5-8-19(29-4)9-6-16)14-17-13-18(27)7-10-21(17)25(23(22)28)12-11-24(2)3/h5-10,13,20,22,27H,11-12,14H2,1-4H3/t20-,22+/m0/s1. The first-order valence-electron chi connectivity index (χ1n) is 9.89. The van der Waals surface area contributed by atoms with Crippen molar-refractivity contribution in [2.24, 2.45) is 0 Å². The molecule has 0 radical (unpaired) electrons. The topological polar surface area (TPSA) is 79.3 Å². The number of hydrogen-bond donors (Lipinski definition) is 1. The maximum absolute atomic E-state index is 13.6. The summed E-state index contributed by atoms with van der Waals surface area (Å²) in [6, 6.07) is 12.4. The third kappa shape index (κ3) is 4.74. The molecule has 1 N–H and O–H groups in total. The number of amides is 1. The van der Waals surface area contributed by atoms with Crippen LogP contribution in [0, 0.1) is 0 Å². The van der Waals surface area contributed by atoms with Crippen LogP contribution in [-0.4, -0.2) is 62.3 Å². The Morgan fingerprint density at radius 3 is 2.50 bits per heavy atom. The zero-order valence-corrected chi connectivity index (χ0v) is 17.8. The van der Waals surface area contributed by atoms with Crippen molar-refractivity contribution < 1.29 is 24.2 Å². The fourth-order valence-corrected chi connectivity index (χ4v) is 3.77. The third-order valence-corrected chi connectivity index (χ3v) is 5.28. The smallest absolute Gasteiger partial charge is 0.303 e. The van der Waals surface area contributed by atoms with Gasteiger partial charge in [0, 0.05) is 31.6 Å². The molecule has 2 atom stereocenters. The Morgan fingerprint density at radius 2 is 1.90 bits per heavy atom. The van der Waals surface area contributed by atoms with Crippen LogP contribution in [-0.2, 0) is 20.7 Å². The molecule has 0 saturated heterocycles. The van der Waals surface area contributed by atoms with E-state index in [2.05, 4.69) is 0 Å². The number of ether oxygens (including phenoxy) is 2. The lowest BCUT2D eigenvalue weighted by molar-refractivity contribution is -0.154. The zero-order valence-electron chi connectivity index (χ0n) is 17.8. The number of nitrogens with zero attached hydrogens (tertiary/aromatic N) is 2. The Kier molecular flexibility index (Phi) is 6.62. The molecule has 0 saturated carbocycles. The first-order valence-corrected chi connectivity index (χ1v) is 9.89. The van der Waals surface area contributed by atoms with Gasteiger partial charge in [0.25, 0.3) is 5.91 Å². The molecule has 1 aliphatic rings. The molecule has 0 aliphatic carbocycles. The van der Waals surface area contributed by atoms with Gasteiger partial charge in [-0.1, -0.05) is 12.1 Å². The molecule has 0 bridgehead atoms. The highest BCUT2D eigenvalue weighted by Crippen LogP contribution is 2.38. The third-order valence-electron chi connectivity index (χ3n) is 5.28. The highest BCUT2D eigenvalue weighted by Gasteiger charge is 2.40. The number of phenols is 1. The number of benzene rings is 2. The number of aromatic hydroxyl groups is 1. The minimum atomic E-state index is -0.965. The lowest BCUT2D eigenvalue weighted by atomic mass is 9.87. The lowest BCUT2D eigenvalue weighted by Gasteiger charge is -2.29. The molecule has 1 heterocycles. The number of esters is 1. The summed E-state index contributed by atoms with van der Waals surface area (Å²) in [5, 5.41) is 10.1. The molecule has 3 rings (SSSR count). The van der Waals surface area contributed by atoms with Gasteiger partial charge in [-0.15, -0.1) is 0 Å². The number of carbonyl (C=O) groups is 2. The van der Waals surface area contributed by atoms with Gasteiger partial charge in [-0.25, -0.2) is 0 Å². The van der Waals surface area contributed by atoms with Gasteiger partial charge in [-0.05, 0) is 62.0 Å². The number of phenolic OH excluding ortho intramolecular Hbond substituents is 1. The lowest BCUT2D eigenvalue weighted by Crippen LogP contribution is -2.45. The van der Waals surface area contributed by atoms with Crippen LogP contribution in [0.4, 0.5) is 5.69 Å². The molecule has 0 spiro atoms. The number of carbonyl (C=O) groups excluding carboxylic acids is 2. The minimum absolute atomic E-state index is 0.133. The summed E-state index contributed by atoms with van der Waals surface area (Å²) >= 11 is 0. The Hall–Kier alpha value is -3.06. The Labute approximate surface area is 176 Å². The van der Waals surface area contributed by atoms with Crippen LogP contribution in [0.5, 0.6) is 11.5 Å². The van der Waals surface area contributed by atoms with E-state index in [0.717, 1.165) is 16.8 Å². The number of rotatable bonds is 6. The van der Waals surface area contributed by atoms with E-state index in [-0.39, 0.29) is 11.7 Å². The van der Waals surface area contributed by atoms with E-state index in [0.29, 0.717) is 25.3 Å². The number of methoxy groups -OCH3 is 1. The van der Waals surface area contributed by atoms with Crippen molar-refractivity contribution in [3.63, 3.8) is 0 Å². The van der Waals surface area contributed by atoms with Gasteiger partial charge in [0.1, 0.15) is 11.5 Å². The number of hydrogen-bond acceptors (Lipinski definition) is 6. The van der Waals surface area contributed by atoms with Crippen LogP contribution in [0.25, 0.3) is 0 Å². The van der Waals surface area contributed by atoms with E-state index in [4.69, 9.17) is 9.47 Å². The number of likely N-dealkylation sites (N-methyl/N-ethyl adjacent to an activating group) is 1. The summed E-state index contributed by atoms with van der Waals surface area (Å²) in [7, 11) is 5.46. The van der Waals surface area contributed by atoms with Crippen molar-refractivity contribution in [3.8, 4) is 11.5 Å². The summed E-state index contributed by atoms with van der Waals surface area (Å²) in [6.07, 6.45) is -0.523. The van der Waals surface area contributed by atoms with Gasteiger partial charge in [0.05, 0.1) is 7.11 Å². The SMILES string of the molecule is COc1ccc([C@@H]2Cc3cc(O)ccc3N(CCN(C)C)C(=O)[C@@H]2OC(C)=O)cc1. The van der Waals surface area contributed by atoms with Crippen molar-refractivity contribution in [3.05, 3.63) is 53.6 Å². The van der Waals surface area contributed by atoms with Crippen LogP contribution in [0.3, 0.4) is 0 Å². The van der Waals surface area contributed by atoms with Gasteiger partial charge in [-0.3, -0.25) is 9.59 Å². The van der Waals surface area contributed by atoms with E-state index in [1.807, 2.05) is 43.3 Å². The van der Waals surface area contributed by atoms with Crippen molar-refractivity contribution in [1.82, 2.24) is 4.90 Å². The predicted molar refractivity (Wildman–Crippen MR) is 114 cm³/mol. The monoisotopic (exact) mass is 412 g/mol. The summed E-state index contributed by atoms with van der Waals surface area (Å²) in [4.78, 5) is 29.1. The maximum atomic E-state index is 13.6. The first kappa shape index (κ1) is 21.6. The molecule has 1 aliphatic heterocycles. The van der Waals surface area contributed by atoms with E-state index in [1.165, 1.54) is 6.92 Å². The highest BCUT2D eigenvalue weighted by molar-refractivity contribution is 6.00. The average molecular weight is 412 g/mol. The Balaban J connectivity index is 2.09. The van der Waals surface area contributed by atoms with Gasteiger partial charge < -0.3 is 24.4 Å². The second-order valence-electron chi connectivity index (χ2n) is 7.72. The largest absolute Gasteiger partial charge is 0.508 e. The van der Waals surface area contributed by atoms with Gasteiger partial charge >= 0.3 is 5.97 Å². The molecule has 0 unspecified atom stereocenters. The van der Waals surface area contributed by atoms with Crippen molar-refractivity contribution >= 4 is 17.6 Å². The second-order valence-corrected chi connectivity index (χ2v) is 7.72. The van der Waals surface area contributed by atoms with E-state index >= 15 is 0 Å². The highest BCUT2D eigenvalue weighted by atomic mass is 16.5. The molecule has 1 amide bonds. The molecular weight excluding hydrogens is 384 g/mol. The quantitative estimate of drug-likeness (QED) is 0.735. The molecule has 160 valence electrons. The molecular formula is C23H28N2O5. The molecule has 0 fully saturated rings. The first-order chi connectivity index (χ1) is 14.3. The van der Waals surface area contributed by atoms with Crippen molar-refractivity contribution in [2.75, 3.05) is 39.2 Å². The van der Waals surface area contributed by atoms with E-state index < -0.39 is 18.0 Å². The molecule has 2 aromatic rings. The molecule has 2 aromatic carbocycles. The molecule has 7 nitrogen and oxygen atoms in total. The fourth-order valence-electron chi connectivity index (χ4n) is 3.77. The van der Waals surface area contributed by atoms with Crippen LogP contribution in [0.1, 0.15) is 24.0 Å². The van der Waals surface area contributed by atoms with Crippen molar-refractivity contribution in [1.29, 1.82) is 0 Å². The maximum Gasteiger partial charge on any atom is 0.303 e. The Bertz CT molecular complexity index is 910.